The summed E-state index contributed by atoms with van der Waals surface area (Å²) < 4.78 is 2.00. The minimum Gasteiger partial charge on any atom is -0.324 e. The van der Waals surface area contributed by atoms with Crippen LogP contribution in [0.3, 0.4) is 0 Å². The summed E-state index contributed by atoms with van der Waals surface area (Å²) >= 11 is 0. The second-order valence-electron chi connectivity index (χ2n) is 8.12. The van der Waals surface area contributed by atoms with Crippen LogP contribution < -0.4 is 10.2 Å². The van der Waals surface area contributed by atoms with E-state index in [-0.39, 0.29) is 17.5 Å². The first kappa shape index (κ1) is 19.3. The van der Waals surface area contributed by atoms with E-state index in [2.05, 4.69) is 15.4 Å². The van der Waals surface area contributed by atoms with E-state index in [1.54, 1.807) is 23.5 Å². The van der Waals surface area contributed by atoms with Crippen molar-refractivity contribution in [3.63, 3.8) is 0 Å². The molecule has 0 radical (unpaired) electrons. The zero-order chi connectivity index (χ0) is 21.3. The maximum absolute atomic E-state index is 13.2. The fourth-order valence-electron chi connectivity index (χ4n) is 4.52. The summed E-state index contributed by atoms with van der Waals surface area (Å²) in [7, 11) is 0. The maximum Gasteiger partial charge on any atom is 0.321 e. The van der Waals surface area contributed by atoms with Crippen molar-refractivity contribution in [2.45, 2.75) is 31.3 Å². The number of benzene rings is 1. The van der Waals surface area contributed by atoms with Crippen LogP contribution in [0.15, 0.2) is 67.1 Å². The molecule has 2 aliphatic rings. The van der Waals surface area contributed by atoms with Gasteiger partial charge >= 0.3 is 6.03 Å². The van der Waals surface area contributed by atoms with Crippen molar-refractivity contribution in [1.82, 2.24) is 19.7 Å². The van der Waals surface area contributed by atoms with Gasteiger partial charge < -0.3 is 10.2 Å². The lowest BCUT2D eigenvalue weighted by molar-refractivity contribution is -0.123. The highest BCUT2D eigenvalue weighted by atomic mass is 16.2. The van der Waals surface area contributed by atoms with Crippen LogP contribution in [-0.4, -0.2) is 44.7 Å². The lowest BCUT2D eigenvalue weighted by Crippen LogP contribution is -2.55. The van der Waals surface area contributed by atoms with E-state index in [9.17, 15) is 9.59 Å². The number of para-hydroxylation sites is 1. The van der Waals surface area contributed by atoms with Crippen molar-refractivity contribution >= 4 is 23.4 Å². The lowest BCUT2D eigenvalue weighted by Gasteiger charge is -2.46. The third-order valence-corrected chi connectivity index (χ3v) is 6.23. The first-order valence-corrected chi connectivity index (χ1v) is 10.5. The van der Waals surface area contributed by atoms with Gasteiger partial charge in [-0.3, -0.25) is 14.7 Å². The molecule has 0 aliphatic carbocycles. The highest BCUT2D eigenvalue weighted by molar-refractivity contribution is 5.94. The van der Waals surface area contributed by atoms with Crippen molar-refractivity contribution in [2.75, 3.05) is 23.3 Å². The highest BCUT2D eigenvalue weighted by Crippen LogP contribution is 2.41. The van der Waals surface area contributed by atoms with Gasteiger partial charge in [0.1, 0.15) is 5.82 Å². The molecule has 0 atom stereocenters. The number of carbonyl (C=O) groups excluding carboxylic acids is 2. The smallest absolute Gasteiger partial charge is 0.321 e. The molecule has 0 saturated carbocycles. The first-order chi connectivity index (χ1) is 15.1. The predicted molar refractivity (Wildman–Crippen MR) is 117 cm³/mol. The minimum atomic E-state index is -0.381. The van der Waals surface area contributed by atoms with E-state index in [4.69, 9.17) is 0 Å². The van der Waals surface area contributed by atoms with Crippen molar-refractivity contribution < 1.29 is 9.59 Å². The highest BCUT2D eigenvalue weighted by Gasteiger charge is 2.46. The molecule has 3 amide bonds. The number of nitrogens with one attached hydrogen (secondary N) is 1. The zero-order valence-electron chi connectivity index (χ0n) is 17.1. The van der Waals surface area contributed by atoms with Gasteiger partial charge in [-0.25, -0.2) is 9.48 Å². The number of hydrogen-bond acceptors (Lipinski definition) is 4. The fraction of sp³-hybridized carbons (Fsp3) is 0.304. The molecule has 31 heavy (non-hydrogen) atoms. The van der Waals surface area contributed by atoms with Gasteiger partial charge in [0.25, 0.3) is 0 Å². The molecule has 158 valence electrons. The van der Waals surface area contributed by atoms with E-state index < -0.39 is 0 Å². The molecular formula is C23H24N6O2. The van der Waals surface area contributed by atoms with Crippen molar-refractivity contribution in [1.29, 1.82) is 0 Å². The molecule has 3 aromatic rings. The van der Waals surface area contributed by atoms with Crippen LogP contribution in [0.1, 0.15) is 24.8 Å². The Hall–Kier alpha value is -3.68. The molecule has 1 aromatic carbocycles. The summed E-state index contributed by atoms with van der Waals surface area (Å²) in [5, 5.41) is 7.53. The molecule has 1 N–H and O–H groups in total. The van der Waals surface area contributed by atoms with Crippen LogP contribution >= 0.6 is 0 Å². The normalized spacial score (nSPS) is 17.5. The Kier molecular flexibility index (Phi) is 4.89. The number of aromatic nitrogens is 3. The van der Waals surface area contributed by atoms with Gasteiger partial charge in [0.05, 0.1) is 24.7 Å². The topological polar surface area (TPSA) is 83.4 Å². The third kappa shape index (κ3) is 3.65. The predicted octanol–water partition coefficient (Wildman–Crippen LogP) is 3.24. The Balaban J connectivity index is 1.31. The summed E-state index contributed by atoms with van der Waals surface area (Å²) in [6.45, 7) is 1.65. The number of piperidine rings is 1. The van der Waals surface area contributed by atoms with Crippen LogP contribution in [0.25, 0.3) is 0 Å². The molecule has 0 bridgehead atoms. The second-order valence-corrected chi connectivity index (χ2v) is 8.12. The molecule has 2 aromatic heterocycles. The fourth-order valence-corrected chi connectivity index (χ4v) is 4.52. The van der Waals surface area contributed by atoms with Crippen LogP contribution in [0.5, 0.6) is 0 Å². The third-order valence-electron chi connectivity index (χ3n) is 6.23. The van der Waals surface area contributed by atoms with Gasteiger partial charge in [0, 0.05) is 37.2 Å². The van der Waals surface area contributed by atoms with Gasteiger partial charge in [-0.2, -0.15) is 5.10 Å². The van der Waals surface area contributed by atoms with Gasteiger partial charge in [0.2, 0.25) is 5.91 Å². The number of likely N-dealkylation sites (tertiary alicyclic amines) is 1. The summed E-state index contributed by atoms with van der Waals surface area (Å²) in [5.41, 5.74) is 1.43. The monoisotopic (exact) mass is 416 g/mol. The molecule has 1 spiro atoms. The molecule has 0 unspecified atom stereocenters. The number of amides is 3. The van der Waals surface area contributed by atoms with Crippen molar-refractivity contribution in [3.05, 3.63) is 72.7 Å². The van der Waals surface area contributed by atoms with Gasteiger partial charge in [-0.15, -0.1) is 0 Å². The number of pyridine rings is 1. The average molecular weight is 416 g/mol. The van der Waals surface area contributed by atoms with E-state index in [0.29, 0.717) is 38.9 Å². The largest absolute Gasteiger partial charge is 0.324 e. The number of carbonyl (C=O) groups is 2. The van der Waals surface area contributed by atoms with Crippen LogP contribution in [-0.2, 0) is 16.9 Å². The minimum absolute atomic E-state index is 0.0898. The maximum atomic E-state index is 13.2. The van der Waals surface area contributed by atoms with E-state index >= 15 is 0 Å². The number of nitrogens with zero attached hydrogens (tertiary/aromatic N) is 5. The van der Waals surface area contributed by atoms with Crippen LogP contribution in [0, 0.1) is 0 Å². The summed E-state index contributed by atoms with van der Waals surface area (Å²) in [6, 6.07) is 15.1. The van der Waals surface area contributed by atoms with Gasteiger partial charge in [-0.05, 0) is 42.7 Å². The number of fused-ring (bicyclic) bond motifs is 2. The molecule has 8 heteroatoms. The first-order valence-electron chi connectivity index (χ1n) is 10.5. The summed E-state index contributed by atoms with van der Waals surface area (Å²) in [5.74, 6) is 0.905. The molecular weight excluding hydrogens is 392 g/mol. The Morgan fingerprint density at radius 1 is 1.00 bits per heavy atom. The molecule has 4 heterocycles. The van der Waals surface area contributed by atoms with Crippen LogP contribution in [0.4, 0.5) is 16.3 Å². The van der Waals surface area contributed by atoms with E-state index in [0.717, 1.165) is 17.1 Å². The molecule has 5 rings (SSSR count). The van der Waals surface area contributed by atoms with Gasteiger partial charge in [0.15, 0.2) is 0 Å². The quantitative estimate of drug-likeness (QED) is 0.711. The lowest BCUT2D eigenvalue weighted by atomic mass is 9.82. The van der Waals surface area contributed by atoms with Crippen molar-refractivity contribution in [2.24, 2.45) is 0 Å². The van der Waals surface area contributed by atoms with Crippen LogP contribution in [0.2, 0.25) is 0 Å². The Morgan fingerprint density at radius 3 is 2.48 bits per heavy atom. The van der Waals surface area contributed by atoms with E-state index in [1.807, 2.05) is 58.1 Å². The zero-order valence-corrected chi connectivity index (χ0v) is 17.1. The number of rotatable bonds is 3. The molecule has 1 fully saturated rings. The number of anilines is 2. The standard InChI is InChI=1S/C23H24N6O2/c30-21-16-23(9-14-27(15-10-23)22(31)26-19-4-2-1-3-5-19)29-20(8-13-25-29)28(21)17-18-6-11-24-12-7-18/h1-8,11-13H,9-10,14-17H2,(H,26,31). The Bertz CT molecular complexity index is 1070. The molecule has 2 aliphatic heterocycles. The average Bonchev–Trinajstić information content (AvgIpc) is 3.30. The summed E-state index contributed by atoms with van der Waals surface area (Å²) in [4.78, 5) is 33.5. The molecule has 1 saturated heterocycles. The van der Waals surface area contributed by atoms with E-state index in [1.165, 1.54) is 0 Å². The van der Waals surface area contributed by atoms with Gasteiger partial charge in [-0.1, -0.05) is 18.2 Å². The number of hydrogen-bond donors (Lipinski definition) is 1. The number of urea groups is 1. The SMILES string of the molecule is O=C(Nc1ccccc1)N1CCC2(CC1)CC(=O)N(Cc1ccncc1)c1ccnn12. The second kappa shape index (κ2) is 7.86. The summed E-state index contributed by atoms with van der Waals surface area (Å²) in [6.07, 6.45) is 7.00. The van der Waals surface area contributed by atoms with Crippen molar-refractivity contribution in [3.8, 4) is 0 Å². The Morgan fingerprint density at radius 2 is 1.74 bits per heavy atom. The Labute approximate surface area is 180 Å². The molecule has 8 nitrogen and oxygen atoms in total.